The lowest BCUT2D eigenvalue weighted by molar-refractivity contribution is -0.129. The Kier molecular flexibility index (Phi) is 6.43. The number of thioether (sulfide) groups is 1. The molecule has 1 atom stereocenters. The second-order valence-electron chi connectivity index (χ2n) is 7.94. The zero-order valence-corrected chi connectivity index (χ0v) is 18.0. The van der Waals surface area contributed by atoms with Crippen LogP contribution in [0.25, 0.3) is 6.08 Å². The van der Waals surface area contributed by atoms with E-state index in [1.54, 1.807) is 6.08 Å². The summed E-state index contributed by atoms with van der Waals surface area (Å²) in [4.78, 5) is 40.9. The second-order valence-corrected chi connectivity index (χ2v) is 8.94. The number of anilines is 1. The van der Waals surface area contributed by atoms with Gasteiger partial charge in [0, 0.05) is 31.9 Å². The van der Waals surface area contributed by atoms with Crippen LogP contribution in [0.5, 0.6) is 0 Å². The molecule has 4 rings (SSSR count). The van der Waals surface area contributed by atoms with Crippen LogP contribution >= 0.6 is 11.8 Å². The van der Waals surface area contributed by atoms with E-state index in [1.165, 1.54) is 18.5 Å². The fraction of sp³-hybridized carbons (Fsp3) is 0.500. The number of benzene rings is 1. The van der Waals surface area contributed by atoms with Gasteiger partial charge in [0.05, 0.1) is 11.0 Å². The van der Waals surface area contributed by atoms with Crippen molar-refractivity contribution in [3.63, 3.8) is 0 Å². The van der Waals surface area contributed by atoms with Gasteiger partial charge in [0.25, 0.3) is 11.1 Å². The molecule has 1 N–H and O–H groups in total. The highest BCUT2D eigenvalue weighted by molar-refractivity contribution is 8.18. The largest absolute Gasteiger partial charge is 0.376 e. The van der Waals surface area contributed by atoms with E-state index < -0.39 is 11.1 Å². The molecule has 30 heavy (non-hydrogen) atoms. The molecule has 0 unspecified atom stereocenters. The summed E-state index contributed by atoms with van der Waals surface area (Å²) in [5.41, 5.74) is 3.16. The zero-order chi connectivity index (χ0) is 21.1. The molecule has 3 fully saturated rings. The van der Waals surface area contributed by atoms with Crippen molar-refractivity contribution in [2.24, 2.45) is 0 Å². The molecule has 7 nitrogen and oxygen atoms in total. The molecule has 0 spiro atoms. The number of carbonyl (C=O) groups is 3. The molecule has 3 aliphatic rings. The predicted molar refractivity (Wildman–Crippen MR) is 117 cm³/mol. The number of imide groups is 1. The molecule has 0 aliphatic carbocycles. The number of carbonyl (C=O) groups excluding carboxylic acids is 3. The van der Waals surface area contributed by atoms with Crippen molar-refractivity contribution >= 4 is 40.6 Å². The predicted octanol–water partition coefficient (Wildman–Crippen LogP) is 2.93. The Labute approximate surface area is 180 Å². The van der Waals surface area contributed by atoms with E-state index in [2.05, 4.69) is 22.3 Å². The molecule has 3 amide bonds. The third-order valence-corrected chi connectivity index (χ3v) is 6.64. The van der Waals surface area contributed by atoms with E-state index in [4.69, 9.17) is 4.74 Å². The maximum Gasteiger partial charge on any atom is 0.294 e. The van der Waals surface area contributed by atoms with Crippen molar-refractivity contribution < 1.29 is 19.1 Å². The summed E-state index contributed by atoms with van der Waals surface area (Å²) in [5, 5.41) is 2.34. The van der Waals surface area contributed by atoms with Crippen molar-refractivity contribution in [3.8, 4) is 0 Å². The van der Waals surface area contributed by atoms with Crippen LogP contribution in [0.1, 0.15) is 36.8 Å². The quantitative estimate of drug-likeness (QED) is 0.701. The first-order valence-corrected chi connectivity index (χ1v) is 11.3. The molecule has 1 aromatic rings. The molecule has 3 aliphatic heterocycles. The molecule has 3 saturated heterocycles. The summed E-state index contributed by atoms with van der Waals surface area (Å²) < 4.78 is 5.47. The molecule has 0 aromatic heterocycles. The number of ether oxygens (including phenoxy) is 1. The van der Waals surface area contributed by atoms with E-state index >= 15 is 0 Å². The van der Waals surface area contributed by atoms with Gasteiger partial charge in [0.15, 0.2) is 0 Å². The molecule has 0 bridgehead atoms. The van der Waals surface area contributed by atoms with Crippen molar-refractivity contribution in [2.75, 3.05) is 37.7 Å². The van der Waals surface area contributed by atoms with Gasteiger partial charge in [-0.05, 0) is 73.7 Å². The topological polar surface area (TPSA) is 79.0 Å². The molecular weight excluding hydrogens is 402 g/mol. The monoisotopic (exact) mass is 429 g/mol. The van der Waals surface area contributed by atoms with Crippen LogP contribution in [0.15, 0.2) is 23.1 Å². The average Bonchev–Trinajstić information content (AvgIpc) is 3.48. The number of amides is 3. The van der Waals surface area contributed by atoms with Gasteiger partial charge in [0.2, 0.25) is 5.91 Å². The third-order valence-electron chi connectivity index (χ3n) is 5.74. The lowest BCUT2D eigenvalue weighted by Gasteiger charge is -2.18. The Morgan fingerprint density at radius 2 is 2.07 bits per heavy atom. The van der Waals surface area contributed by atoms with Gasteiger partial charge >= 0.3 is 0 Å². The summed E-state index contributed by atoms with van der Waals surface area (Å²) in [6.45, 7) is 5.02. The van der Waals surface area contributed by atoms with Crippen molar-refractivity contribution in [1.29, 1.82) is 0 Å². The first-order valence-electron chi connectivity index (χ1n) is 10.5. The summed E-state index contributed by atoms with van der Waals surface area (Å²) in [5.74, 6) is -0.763. The Morgan fingerprint density at radius 3 is 2.77 bits per heavy atom. The fourth-order valence-electron chi connectivity index (χ4n) is 4.00. The number of hydrogen-bond acceptors (Lipinski definition) is 6. The van der Waals surface area contributed by atoms with Crippen molar-refractivity contribution in [3.05, 3.63) is 34.2 Å². The Balaban J connectivity index is 1.39. The highest BCUT2D eigenvalue weighted by atomic mass is 32.2. The van der Waals surface area contributed by atoms with E-state index in [1.807, 2.05) is 13.0 Å². The fourth-order valence-corrected chi connectivity index (χ4v) is 4.83. The maximum atomic E-state index is 12.7. The van der Waals surface area contributed by atoms with Crippen LogP contribution in [0, 0.1) is 6.92 Å². The summed E-state index contributed by atoms with van der Waals surface area (Å²) in [6, 6.07) is 6.18. The Morgan fingerprint density at radius 1 is 1.27 bits per heavy atom. The standard InChI is InChI=1S/C22H27N3O4S/c1-15-11-17(24-8-2-3-9-24)7-6-16(15)12-19-21(27)25(22(28)30-19)14-20(26)23-13-18-5-4-10-29-18/h6-7,11-12,18H,2-5,8-10,13-14H2,1H3,(H,23,26)/b19-12-/t18-/m1/s1. The first-order chi connectivity index (χ1) is 14.5. The second kappa shape index (κ2) is 9.22. The average molecular weight is 430 g/mol. The molecule has 8 heteroatoms. The molecule has 160 valence electrons. The Bertz CT molecular complexity index is 873. The molecular formula is C22H27N3O4S. The highest BCUT2D eigenvalue weighted by Crippen LogP contribution is 2.33. The molecule has 3 heterocycles. The number of nitrogens with one attached hydrogen (secondary N) is 1. The van der Waals surface area contributed by atoms with E-state index in [0.717, 1.165) is 53.7 Å². The number of nitrogens with zero attached hydrogens (tertiary/aromatic N) is 2. The third kappa shape index (κ3) is 4.70. The maximum absolute atomic E-state index is 12.7. The summed E-state index contributed by atoms with van der Waals surface area (Å²) >= 11 is 0.884. The minimum Gasteiger partial charge on any atom is -0.376 e. The van der Waals surface area contributed by atoms with Crippen LogP contribution in [-0.2, 0) is 14.3 Å². The van der Waals surface area contributed by atoms with Crippen LogP contribution in [0.2, 0.25) is 0 Å². The normalized spacial score (nSPS) is 23.1. The zero-order valence-electron chi connectivity index (χ0n) is 17.2. The van der Waals surface area contributed by atoms with E-state index in [0.29, 0.717) is 18.1 Å². The SMILES string of the molecule is Cc1cc(N2CCCC2)ccc1/C=C1\SC(=O)N(CC(=O)NC[C@H]2CCCO2)C1=O. The highest BCUT2D eigenvalue weighted by Gasteiger charge is 2.36. The summed E-state index contributed by atoms with van der Waals surface area (Å²) in [6.07, 6.45) is 6.12. The van der Waals surface area contributed by atoms with Gasteiger partial charge in [0.1, 0.15) is 6.54 Å². The Hall–Kier alpha value is -2.32. The van der Waals surface area contributed by atoms with Crippen LogP contribution in [-0.4, -0.2) is 60.8 Å². The van der Waals surface area contributed by atoms with Crippen molar-refractivity contribution in [2.45, 2.75) is 38.7 Å². The lowest BCUT2D eigenvalue weighted by Crippen LogP contribution is -2.41. The first kappa shape index (κ1) is 20.9. The van der Waals surface area contributed by atoms with E-state index in [-0.39, 0.29) is 18.6 Å². The minimum atomic E-state index is -0.416. The molecule has 0 saturated carbocycles. The van der Waals surface area contributed by atoms with Gasteiger partial charge in [-0.1, -0.05) is 6.07 Å². The molecule has 0 radical (unpaired) electrons. The number of rotatable bonds is 6. The lowest BCUT2D eigenvalue weighted by atomic mass is 10.1. The van der Waals surface area contributed by atoms with Crippen LogP contribution in [0.4, 0.5) is 10.5 Å². The van der Waals surface area contributed by atoms with Gasteiger partial charge in [-0.15, -0.1) is 0 Å². The summed E-state index contributed by atoms with van der Waals surface area (Å²) in [7, 11) is 0. The number of aryl methyl sites for hydroxylation is 1. The van der Waals surface area contributed by atoms with Gasteiger partial charge in [-0.2, -0.15) is 0 Å². The van der Waals surface area contributed by atoms with Crippen molar-refractivity contribution in [1.82, 2.24) is 10.2 Å². The van der Waals surface area contributed by atoms with Gasteiger partial charge < -0.3 is 15.0 Å². The van der Waals surface area contributed by atoms with Gasteiger partial charge in [-0.25, -0.2) is 0 Å². The van der Waals surface area contributed by atoms with Crippen LogP contribution in [0.3, 0.4) is 0 Å². The molecule has 1 aromatic carbocycles. The van der Waals surface area contributed by atoms with Gasteiger partial charge in [-0.3, -0.25) is 19.3 Å². The number of hydrogen-bond donors (Lipinski definition) is 1. The van der Waals surface area contributed by atoms with Crippen LogP contribution < -0.4 is 10.2 Å². The smallest absolute Gasteiger partial charge is 0.294 e. The van der Waals surface area contributed by atoms with E-state index in [9.17, 15) is 14.4 Å². The minimum absolute atomic E-state index is 0.0234.